The Morgan fingerprint density at radius 1 is 1.47 bits per heavy atom. The summed E-state index contributed by atoms with van der Waals surface area (Å²) in [7, 11) is 0. The van der Waals surface area contributed by atoms with Gasteiger partial charge in [0.15, 0.2) is 0 Å². The number of hydrogen-bond donors (Lipinski definition) is 2. The molecule has 5 heteroatoms. The summed E-state index contributed by atoms with van der Waals surface area (Å²) in [6.45, 7) is 3.82. The van der Waals surface area contributed by atoms with Crippen LogP contribution in [0.4, 0.5) is 0 Å². The number of amides is 1. The van der Waals surface area contributed by atoms with Gasteiger partial charge in [0.05, 0.1) is 12.2 Å². The Morgan fingerprint density at radius 3 is 2.59 bits per heavy atom. The first-order chi connectivity index (χ1) is 7.97. The Balaban J connectivity index is 3.01. The minimum Gasteiger partial charge on any atom is -0.507 e. The second-order valence-electron chi connectivity index (χ2n) is 3.98. The second kappa shape index (κ2) is 5.89. The normalized spacial score (nSPS) is 10.6. The van der Waals surface area contributed by atoms with Crippen molar-refractivity contribution >= 4 is 17.5 Å². The molecule has 0 aliphatic carbocycles. The Kier molecular flexibility index (Phi) is 4.78. The first kappa shape index (κ1) is 13.8. The highest BCUT2D eigenvalue weighted by molar-refractivity contribution is 6.30. The van der Waals surface area contributed by atoms with Gasteiger partial charge in [0.2, 0.25) is 0 Å². The molecule has 0 spiro atoms. The highest BCUT2D eigenvalue weighted by Gasteiger charge is 2.20. The number of aliphatic hydroxyl groups is 1. The van der Waals surface area contributed by atoms with Gasteiger partial charge in [-0.2, -0.15) is 0 Å². The van der Waals surface area contributed by atoms with E-state index in [9.17, 15) is 9.90 Å². The average Bonchev–Trinajstić information content (AvgIpc) is 2.24. The van der Waals surface area contributed by atoms with Crippen LogP contribution >= 0.6 is 11.6 Å². The van der Waals surface area contributed by atoms with E-state index in [1.165, 1.54) is 17.0 Å². The molecular weight excluding hydrogens is 242 g/mol. The molecule has 1 aromatic rings. The number of carbonyl (C=O) groups excluding carboxylic acids is 1. The lowest BCUT2D eigenvalue weighted by Gasteiger charge is -2.26. The van der Waals surface area contributed by atoms with Gasteiger partial charge in [0.25, 0.3) is 5.91 Å². The van der Waals surface area contributed by atoms with Gasteiger partial charge in [0.1, 0.15) is 5.75 Å². The molecule has 1 amide bonds. The standard InChI is InChI=1S/C12H16ClNO3/c1-8(2)14(5-6-15)12(17)10-4-3-9(13)7-11(10)16/h3-4,7-8,15-16H,5-6H2,1-2H3. The zero-order valence-electron chi connectivity index (χ0n) is 9.85. The molecular formula is C12H16ClNO3. The summed E-state index contributed by atoms with van der Waals surface area (Å²) in [4.78, 5) is 13.6. The van der Waals surface area contributed by atoms with Crippen LogP contribution in [0.15, 0.2) is 18.2 Å². The van der Waals surface area contributed by atoms with Crippen molar-refractivity contribution < 1.29 is 15.0 Å². The number of phenols is 1. The van der Waals surface area contributed by atoms with E-state index in [4.69, 9.17) is 16.7 Å². The maximum atomic E-state index is 12.1. The number of aliphatic hydroxyl groups excluding tert-OH is 1. The lowest BCUT2D eigenvalue weighted by molar-refractivity contribution is 0.0662. The van der Waals surface area contributed by atoms with E-state index in [2.05, 4.69) is 0 Å². The van der Waals surface area contributed by atoms with Crippen molar-refractivity contribution in [2.24, 2.45) is 0 Å². The summed E-state index contributed by atoms with van der Waals surface area (Å²) in [5.74, 6) is -0.464. The average molecular weight is 258 g/mol. The third kappa shape index (κ3) is 3.35. The molecule has 0 aliphatic heterocycles. The van der Waals surface area contributed by atoms with Gasteiger partial charge in [-0.25, -0.2) is 0 Å². The number of phenolic OH excluding ortho intramolecular Hbond substituents is 1. The number of hydrogen-bond acceptors (Lipinski definition) is 3. The first-order valence-corrected chi connectivity index (χ1v) is 5.75. The molecule has 0 saturated carbocycles. The van der Waals surface area contributed by atoms with E-state index in [1.54, 1.807) is 6.07 Å². The van der Waals surface area contributed by atoms with Gasteiger partial charge in [-0.1, -0.05) is 11.6 Å². The summed E-state index contributed by atoms with van der Waals surface area (Å²) >= 11 is 5.70. The Hall–Kier alpha value is -1.26. The zero-order valence-corrected chi connectivity index (χ0v) is 10.6. The summed E-state index contributed by atoms with van der Waals surface area (Å²) in [6.07, 6.45) is 0. The molecule has 17 heavy (non-hydrogen) atoms. The van der Waals surface area contributed by atoms with Crippen molar-refractivity contribution in [1.82, 2.24) is 4.90 Å². The Labute approximate surface area is 105 Å². The SMILES string of the molecule is CC(C)N(CCO)C(=O)c1ccc(Cl)cc1O. The van der Waals surface area contributed by atoms with E-state index < -0.39 is 0 Å². The fourth-order valence-corrected chi connectivity index (χ4v) is 1.71. The van der Waals surface area contributed by atoms with Gasteiger partial charge in [-0.15, -0.1) is 0 Å². The Bertz CT molecular complexity index is 407. The third-order valence-electron chi connectivity index (χ3n) is 2.42. The minimum absolute atomic E-state index is 0.0512. The number of rotatable bonds is 4. The Morgan fingerprint density at radius 2 is 2.12 bits per heavy atom. The van der Waals surface area contributed by atoms with Crippen LogP contribution in [0.2, 0.25) is 5.02 Å². The van der Waals surface area contributed by atoms with Crippen LogP contribution in [0, 0.1) is 0 Å². The molecule has 4 nitrogen and oxygen atoms in total. The highest BCUT2D eigenvalue weighted by Crippen LogP contribution is 2.23. The van der Waals surface area contributed by atoms with Crippen LogP contribution in [0.25, 0.3) is 0 Å². The van der Waals surface area contributed by atoms with Crippen molar-refractivity contribution in [2.45, 2.75) is 19.9 Å². The van der Waals surface area contributed by atoms with Gasteiger partial charge >= 0.3 is 0 Å². The maximum absolute atomic E-state index is 12.1. The summed E-state index contributed by atoms with van der Waals surface area (Å²) < 4.78 is 0. The fourth-order valence-electron chi connectivity index (χ4n) is 1.54. The third-order valence-corrected chi connectivity index (χ3v) is 2.65. The maximum Gasteiger partial charge on any atom is 0.257 e. The minimum atomic E-state index is -0.316. The van der Waals surface area contributed by atoms with Gasteiger partial charge < -0.3 is 15.1 Å². The zero-order chi connectivity index (χ0) is 13.0. The van der Waals surface area contributed by atoms with Crippen molar-refractivity contribution in [2.75, 3.05) is 13.2 Å². The molecule has 1 aromatic carbocycles. The van der Waals surface area contributed by atoms with E-state index in [1.807, 2.05) is 13.8 Å². The van der Waals surface area contributed by atoms with Crippen molar-refractivity contribution in [1.29, 1.82) is 0 Å². The first-order valence-electron chi connectivity index (χ1n) is 5.37. The number of aromatic hydroxyl groups is 1. The lowest BCUT2D eigenvalue weighted by Crippen LogP contribution is -2.39. The number of benzene rings is 1. The fraction of sp³-hybridized carbons (Fsp3) is 0.417. The van der Waals surface area contributed by atoms with E-state index in [0.717, 1.165) is 0 Å². The second-order valence-corrected chi connectivity index (χ2v) is 4.41. The van der Waals surface area contributed by atoms with Gasteiger partial charge in [-0.3, -0.25) is 4.79 Å². The van der Waals surface area contributed by atoms with Crippen LogP contribution in [0.1, 0.15) is 24.2 Å². The van der Waals surface area contributed by atoms with Crippen LogP contribution in [-0.4, -0.2) is 40.2 Å². The van der Waals surface area contributed by atoms with Crippen molar-refractivity contribution in [3.8, 4) is 5.75 Å². The van der Waals surface area contributed by atoms with Crippen LogP contribution in [0.3, 0.4) is 0 Å². The van der Waals surface area contributed by atoms with Crippen molar-refractivity contribution in [3.05, 3.63) is 28.8 Å². The molecule has 1 rings (SSSR count). The van der Waals surface area contributed by atoms with Crippen LogP contribution < -0.4 is 0 Å². The molecule has 0 unspecified atom stereocenters. The van der Waals surface area contributed by atoms with Gasteiger partial charge in [0, 0.05) is 17.6 Å². The molecule has 0 aromatic heterocycles. The quantitative estimate of drug-likeness (QED) is 0.866. The largest absolute Gasteiger partial charge is 0.507 e. The predicted octanol–water partition coefficient (Wildman–Crippen LogP) is 1.89. The number of carbonyl (C=O) groups is 1. The summed E-state index contributed by atoms with van der Waals surface area (Å²) in [5, 5.41) is 19.0. The van der Waals surface area contributed by atoms with E-state index in [0.29, 0.717) is 5.02 Å². The molecule has 0 aliphatic rings. The summed E-state index contributed by atoms with van der Waals surface area (Å²) in [5.41, 5.74) is 0.191. The van der Waals surface area contributed by atoms with E-state index >= 15 is 0 Å². The molecule has 0 saturated heterocycles. The molecule has 0 atom stereocenters. The number of nitrogens with zero attached hydrogens (tertiary/aromatic N) is 1. The molecule has 0 bridgehead atoms. The molecule has 0 fully saturated rings. The molecule has 0 heterocycles. The van der Waals surface area contributed by atoms with Gasteiger partial charge in [-0.05, 0) is 32.0 Å². The molecule has 94 valence electrons. The van der Waals surface area contributed by atoms with E-state index in [-0.39, 0.29) is 36.4 Å². The monoisotopic (exact) mass is 257 g/mol. The summed E-state index contributed by atoms with van der Waals surface area (Å²) in [6, 6.07) is 4.30. The lowest BCUT2D eigenvalue weighted by atomic mass is 10.1. The molecule has 0 radical (unpaired) electrons. The smallest absolute Gasteiger partial charge is 0.257 e. The topological polar surface area (TPSA) is 60.8 Å². The highest BCUT2D eigenvalue weighted by atomic mass is 35.5. The van der Waals surface area contributed by atoms with Crippen LogP contribution in [0.5, 0.6) is 5.75 Å². The number of halogens is 1. The van der Waals surface area contributed by atoms with Crippen molar-refractivity contribution in [3.63, 3.8) is 0 Å². The molecule has 2 N–H and O–H groups in total. The predicted molar refractivity (Wildman–Crippen MR) is 66.4 cm³/mol. The van der Waals surface area contributed by atoms with Crippen LogP contribution in [-0.2, 0) is 0 Å².